The van der Waals surface area contributed by atoms with Gasteiger partial charge in [-0.1, -0.05) is 23.7 Å². The lowest BCUT2D eigenvalue weighted by atomic mass is 10.2. The number of hydrogen-bond acceptors (Lipinski definition) is 2. The molecule has 0 radical (unpaired) electrons. The smallest absolute Gasteiger partial charge is 0.307 e. The van der Waals surface area contributed by atoms with E-state index in [0.29, 0.717) is 22.9 Å². The molecule has 0 aliphatic heterocycles. The standard InChI is InChI=1S/C19H15ClFN3O/c20-15-4-1-5-17(11-15)23-19(25)24(13-14-3-2-10-22-12-14)18-8-6-16(21)7-9-18/h1-12H,13H2,(H,23,25). The van der Waals surface area contributed by atoms with Crippen molar-refractivity contribution in [2.75, 3.05) is 10.2 Å². The first-order valence-electron chi connectivity index (χ1n) is 7.60. The maximum atomic E-state index is 13.2. The van der Waals surface area contributed by atoms with E-state index in [1.807, 2.05) is 6.07 Å². The predicted octanol–water partition coefficient (Wildman–Crippen LogP) is 5.11. The molecule has 0 unspecified atom stereocenters. The number of halogens is 2. The van der Waals surface area contributed by atoms with Crippen LogP contribution in [0.15, 0.2) is 73.1 Å². The van der Waals surface area contributed by atoms with E-state index in [-0.39, 0.29) is 11.8 Å². The molecule has 0 saturated carbocycles. The van der Waals surface area contributed by atoms with Crippen molar-refractivity contribution < 1.29 is 9.18 Å². The van der Waals surface area contributed by atoms with Gasteiger partial charge in [-0.2, -0.15) is 0 Å². The Morgan fingerprint density at radius 1 is 1.12 bits per heavy atom. The molecule has 6 heteroatoms. The Morgan fingerprint density at radius 3 is 2.60 bits per heavy atom. The van der Waals surface area contributed by atoms with Crippen LogP contribution in [0.1, 0.15) is 5.56 Å². The van der Waals surface area contributed by atoms with Crippen LogP contribution < -0.4 is 10.2 Å². The molecule has 25 heavy (non-hydrogen) atoms. The van der Waals surface area contributed by atoms with Gasteiger partial charge in [-0.3, -0.25) is 9.88 Å². The molecular formula is C19H15ClFN3O. The zero-order valence-corrected chi connectivity index (χ0v) is 13.9. The summed E-state index contributed by atoms with van der Waals surface area (Å²) in [6.45, 7) is 0.297. The van der Waals surface area contributed by atoms with Gasteiger partial charge in [0.2, 0.25) is 0 Å². The van der Waals surface area contributed by atoms with E-state index < -0.39 is 0 Å². The van der Waals surface area contributed by atoms with Crippen LogP contribution in [-0.2, 0) is 6.54 Å². The Hall–Kier alpha value is -2.92. The van der Waals surface area contributed by atoms with Crippen LogP contribution in [0.3, 0.4) is 0 Å². The van der Waals surface area contributed by atoms with Crippen LogP contribution >= 0.6 is 11.6 Å². The summed E-state index contributed by atoms with van der Waals surface area (Å²) in [5, 5.41) is 3.33. The first kappa shape index (κ1) is 16.9. The van der Waals surface area contributed by atoms with Gasteiger partial charge in [-0.25, -0.2) is 9.18 Å². The van der Waals surface area contributed by atoms with Gasteiger partial charge in [0.1, 0.15) is 5.82 Å². The average Bonchev–Trinajstić information content (AvgIpc) is 2.61. The third-order valence-electron chi connectivity index (χ3n) is 3.52. The number of pyridine rings is 1. The summed E-state index contributed by atoms with van der Waals surface area (Å²) < 4.78 is 13.2. The second-order valence-electron chi connectivity index (χ2n) is 5.36. The Kier molecular flexibility index (Phi) is 5.26. The van der Waals surface area contributed by atoms with E-state index in [4.69, 9.17) is 11.6 Å². The molecule has 3 rings (SSSR count). The minimum atomic E-state index is -0.361. The number of benzene rings is 2. The first-order chi connectivity index (χ1) is 12.1. The van der Waals surface area contributed by atoms with E-state index in [1.165, 1.54) is 17.0 Å². The number of carbonyl (C=O) groups is 1. The number of amides is 2. The number of rotatable bonds is 4. The van der Waals surface area contributed by atoms with Gasteiger partial charge in [0.05, 0.1) is 6.54 Å². The SMILES string of the molecule is O=C(Nc1cccc(Cl)c1)N(Cc1cccnc1)c1ccc(F)cc1. The Bertz CT molecular complexity index is 856. The Balaban J connectivity index is 1.87. The molecule has 1 heterocycles. The summed E-state index contributed by atoms with van der Waals surface area (Å²) in [6, 6.07) is 16.0. The predicted molar refractivity (Wildman–Crippen MR) is 97.3 cm³/mol. The fourth-order valence-electron chi connectivity index (χ4n) is 2.33. The third-order valence-corrected chi connectivity index (χ3v) is 3.76. The molecule has 0 saturated heterocycles. The van der Waals surface area contributed by atoms with Crippen LogP contribution in [0.2, 0.25) is 5.02 Å². The average molecular weight is 356 g/mol. The lowest BCUT2D eigenvalue weighted by molar-refractivity contribution is 0.256. The molecule has 0 aliphatic rings. The van der Waals surface area contributed by atoms with Crippen LogP contribution in [0.4, 0.5) is 20.6 Å². The zero-order valence-electron chi connectivity index (χ0n) is 13.2. The molecule has 0 atom stereocenters. The second-order valence-corrected chi connectivity index (χ2v) is 5.80. The van der Waals surface area contributed by atoms with Gasteiger partial charge in [-0.15, -0.1) is 0 Å². The van der Waals surface area contributed by atoms with Gasteiger partial charge in [0.25, 0.3) is 0 Å². The van der Waals surface area contributed by atoms with Crippen LogP contribution in [0.5, 0.6) is 0 Å². The van der Waals surface area contributed by atoms with E-state index in [2.05, 4.69) is 10.3 Å². The number of aromatic nitrogens is 1. The van der Waals surface area contributed by atoms with Gasteiger partial charge in [-0.05, 0) is 54.1 Å². The number of anilines is 2. The summed E-state index contributed by atoms with van der Waals surface area (Å²) in [5.41, 5.74) is 2.01. The number of carbonyl (C=O) groups excluding carboxylic acids is 1. The summed E-state index contributed by atoms with van der Waals surface area (Å²) in [7, 11) is 0. The molecule has 4 nitrogen and oxygen atoms in total. The minimum Gasteiger partial charge on any atom is -0.307 e. The first-order valence-corrected chi connectivity index (χ1v) is 7.98. The summed E-state index contributed by atoms with van der Waals surface area (Å²) >= 11 is 5.96. The molecule has 3 aromatic rings. The van der Waals surface area contributed by atoms with Crippen molar-refractivity contribution in [1.82, 2.24) is 4.98 Å². The van der Waals surface area contributed by atoms with Crippen molar-refractivity contribution >= 4 is 29.0 Å². The zero-order chi connectivity index (χ0) is 17.6. The number of nitrogens with zero attached hydrogens (tertiary/aromatic N) is 2. The quantitative estimate of drug-likeness (QED) is 0.706. The molecular weight excluding hydrogens is 341 g/mol. The lowest BCUT2D eigenvalue weighted by Crippen LogP contribution is -2.34. The molecule has 2 aromatic carbocycles. The van der Waals surface area contributed by atoms with Crippen molar-refractivity contribution in [1.29, 1.82) is 0 Å². The van der Waals surface area contributed by atoms with E-state index in [0.717, 1.165) is 5.56 Å². The van der Waals surface area contributed by atoms with Gasteiger partial charge < -0.3 is 5.32 Å². The molecule has 0 bridgehead atoms. The Labute approximate surface area is 149 Å². The van der Waals surface area contributed by atoms with Gasteiger partial charge >= 0.3 is 6.03 Å². The van der Waals surface area contributed by atoms with E-state index >= 15 is 0 Å². The monoisotopic (exact) mass is 355 g/mol. The molecule has 0 aliphatic carbocycles. The van der Waals surface area contributed by atoms with Crippen LogP contribution in [-0.4, -0.2) is 11.0 Å². The lowest BCUT2D eigenvalue weighted by Gasteiger charge is -2.23. The third kappa shape index (κ3) is 4.55. The van der Waals surface area contributed by atoms with Crippen molar-refractivity contribution in [3.8, 4) is 0 Å². The highest BCUT2D eigenvalue weighted by Gasteiger charge is 2.17. The molecule has 2 amide bonds. The van der Waals surface area contributed by atoms with Gasteiger partial charge in [0, 0.05) is 28.8 Å². The fourth-order valence-corrected chi connectivity index (χ4v) is 2.52. The van der Waals surface area contributed by atoms with Crippen molar-refractivity contribution in [3.05, 3.63) is 89.5 Å². The van der Waals surface area contributed by atoms with Crippen LogP contribution in [0.25, 0.3) is 0 Å². The number of nitrogens with one attached hydrogen (secondary N) is 1. The Morgan fingerprint density at radius 2 is 1.92 bits per heavy atom. The van der Waals surface area contributed by atoms with Crippen molar-refractivity contribution in [3.63, 3.8) is 0 Å². The van der Waals surface area contributed by atoms with E-state index in [1.54, 1.807) is 54.9 Å². The maximum absolute atomic E-state index is 13.2. The minimum absolute atomic E-state index is 0.297. The summed E-state index contributed by atoms with van der Waals surface area (Å²) in [4.78, 5) is 18.3. The van der Waals surface area contributed by atoms with Crippen molar-refractivity contribution in [2.45, 2.75) is 6.54 Å². The normalized spacial score (nSPS) is 10.3. The highest BCUT2D eigenvalue weighted by atomic mass is 35.5. The number of hydrogen-bond donors (Lipinski definition) is 1. The highest BCUT2D eigenvalue weighted by Crippen LogP contribution is 2.21. The van der Waals surface area contributed by atoms with Crippen molar-refractivity contribution in [2.24, 2.45) is 0 Å². The number of urea groups is 1. The topological polar surface area (TPSA) is 45.2 Å². The summed E-state index contributed by atoms with van der Waals surface area (Å²) in [5.74, 6) is -0.361. The highest BCUT2D eigenvalue weighted by molar-refractivity contribution is 6.30. The van der Waals surface area contributed by atoms with E-state index in [9.17, 15) is 9.18 Å². The molecule has 0 spiro atoms. The molecule has 126 valence electrons. The fraction of sp³-hybridized carbons (Fsp3) is 0.0526. The van der Waals surface area contributed by atoms with Crippen LogP contribution in [0, 0.1) is 5.82 Å². The second kappa shape index (κ2) is 7.77. The molecule has 1 aromatic heterocycles. The largest absolute Gasteiger partial charge is 0.326 e. The van der Waals surface area contributed by atoms with Gasteiger partial charge in [0.15, 0.2) is 0 Å². The summed E-state index contributed by atoms with van der Waals surface area (Å²) in [6.07, 6.45) is 3.35. The maximum Gasteiger partial charge on any atom is 0.326 e. The molecule has 1 N–H and O–H groups in total. The molecule has 0 fully saturated rings.